The molecule has 220 valence electrons. The van der Waals surface area contributed by atoms with Crippen molar-refractivity contribution in [2.45, 2.75) is 132 Å². The first-order valence-electron chi connectivity index (χ1n) is 15.5. The van der Waals surface area contributed by atoms with Gasteiger partial charge in [0.15, 0.2) is 0 Å². The van der Waals surface area contributed by atoms with Crippen molar-refractivity contribution in [1.29, 1.82) is 0 Å². The van der Waals surface area contributed by atoms with Gasteiger partial charge in [0, 0.05) is 0 Å². The van der Waals surface area contributed by atoms with E-state index < -0.39 is 5.41 Å². The number of benzene rings is 2. The van der Waals surface area contributed by atoms with Crippen LogP contribution in [0, 0.1) is 17.8 Å². The molecule has 40 heavy (non-hydrogen) atoms. The highest BCUT2D eigenvalue weighted by Gasteiger charge is 2.29. The molecular formula is C36H52O4. The van der Waals surface area contributed by atoms with Crippen LogP contribution in [0.4, 0.5) is 0 Å². The molecule has 1 unspecified atom stereocenters. The van der Waals surface area contributed by atoms with Gasteiger partial charge in [-0.3, -0.25) is 9.59 Å². The van der Waals surface area contributed by atoms with Gasteiger partial charge in [0.2, 0.25) is 0 Å². The highest BCUT2D eigenvalue weighted by molar-refractivity contribution is 5.76. The van der Waals surface area contributed by atoms with Gasteiger partial charge >= 0.3 is 11.9 Å². The minimum atomic E-state index is -0.392. The van der Waals surface area contributed by atoms with E-state index in [1.165, 1.54) is 65.5 Å². The second-order valence-corrected chi connectivity index (χ2v) is 13.2. The van der Waals surface area contributed by atoms with Crippen LogP contribution in [-0.4, -0.2) is 11.9 Å². The number of carbonyl (C=O) groups is 2. The van der Waals surface area contributed by atoms with Gasteiger partial charge < -0.3 is 9.47 Å². The molecule has 0 N–H and O–H groups in total. The standard InChI is InChI=1S/C19H28O2.C17H24O2/c1-6-19(4,5)18(20)21-12-15-11-10-13(2)16-9-7-8-14(3)17(15)16;1-4-17(2,3)16(18)19-12-13-9-10-14-7-5-6-8-15(14)11-13/h10-11,14H,6-9,12H2,1-5H3;9-11H,4-8,12H2,1-3H3. The normalized spacial score (nSPS) is 16.6. The molecule has 1 atom stereocenters. The predicted molar refractivity (Wildman–Crippen MR) is 163 cm³/mol. The van der Waals surface area contributed by atoms with Gasteiger partial charge in [-0.2, -0.15) is 0 Å². The zero-order valence-electron chi connectivity index (χ0n) is 26.4. The molecule has 0 aromatic heterocycles. The van der Waals surface area contributed by atoms with E-state index in [0.29, 0.717) is 19.1 Å². The SMILES string of the molecule is CCC(C)(C)C(=O)OCc1ccc(C)c2c1C(C)CCC2.CCC(C)(C)C(=O)OCc1ccc2c(c1)CCCC2. The van der Waals surface area contributed by atoms with Gasteiger partial charge in [0.1, 0.15) is 13.2 Å². The van der Waals surface area contributed by atoms with Crippen LogP contribution in [0.25, 0.3) is 0 Å². The van der Waals surface area contributed by atoms with Crippen LogP contribution in [0.2, 0.25) is 0 Å². The van der Waals surface area contributed by atoms with Gasteiger partial charge in [-0.1, -0.05) is 51.1 Å². The molecular weight excluding hydrogens is 496 g/mol. The van der Waals surface area contributed by atoms with E-state index >= 15 is 0 Å². The average molecular weight is 549 g/mol. The summed E-state index contributed by atoms with van der Waals surface area (Å²) >= 11 is 0. The highest BCUT2D eigenvalue weighted by Crippen LogP contribution is 2.36. The average Bonchev–Trinajstić information content (AvgIpc) is 2.95. The van der Waals surface area contributed by atoms with E-state index in [2.05, 4.69) is 44.2 Å². The predicted octanol–water partition coefficient (Wildman–Crippen LogP) is 8.96. The van der Waals surface area contributed by atoms with Crippen LogP contribution in [0.5, 0.6) is 0 Å². The van der Waals surface area contributed by atoms with Crippen molar-refractivity contribution in [2.24, 2.45) is 10.8 Å². The Morgan fingerprint density at radius 3 is 2.02 bits per heavy atom. The molecule has 0 amide bonds. The summed E-state index contributed by atoms with van der Waals surface area (Å²) in [5.41, 5.74) is 8.74. The van der Waals surface area contributed by atoms with Crippen molar-refractivity contribution >= 4 is 11.9 Å². The summed E-state index contributed by atoms with van der Waals surface area (Å²) in [6.45, 7) is 17.1. The van der Waals surface area contributed by atoms with Gasteiger partial charge in [-0.25, -0.2) is 0 Å². The first-order chi connectivity index (χ1) is 18.9. The Bertz CT molecular complexity index is 1170. The number of fused-ring (bicyclic) bond motifs is 2. The van der Waals surface area contributed by atoms with Crippen molar-refractivity contribution in [3.63, 3.8) is 0 Å². The number of ether oxygens (including phenoxy) is 2. The largest absolute Gasteiger partial charge is 0.460 e. The Labute approximate surface area is 243 Å². The summed E-state index contributed by atoms with van der Waals surface area (Å²) in [5.74, 6) is 0.372. The van der Waals surface area contributed by atoms with Crippen LogP contribution < -0.4 is 0 Å². The number of carbonyl (C=O) groups excluding carboxylic acids is 2. The topological polar surface area (TPSA) is 52.6 Å². The molecule has 0 radical (unpaired) electrons. The van der Waals surface area contributed by atoms with Crippen molar-refractivity contribution < 1.29 is 19.1 Å². The van der Waals surface area contributed by atoms with E-state index in [9.17, 15) is 9.59 Å². The maximum Gasteiger partial charge on any atom is 0.311 e. The number of hydrogen-bond acceptors (Lipinski definition) is 4. The van der Waals surface area contributed by atoms with Crippen molar-refractivity contribution in [1.82, 2.24) is 0 Å². The van der Waals surface area contributed by atoms with Gasteiger partial charge in [-0.05, 0) is 137 Å². The highest BCUT2D eigenvalue weighted by atomic mass is 16.5. The summed E-state index contributed by atoms with van der Waals surface area (Å²) in [4.78, 5) is 24.1. The van der Waals surface area contributed by atoms with E-state index in [4.69, 9.17) is 9.47 Å². The van der Waals surface area contributed by atoms with Crippen molar-refractivity contribution in [3.8, 4) is 0 Å². The Morgan fingerprint density at radius 1 is 0.800 bits per heavy atom. The fourth-order valence-electron chi connectivity index (χ4n) is 5.47. The second-order valence-electron chi connectivity index (χ2n) is 13.2. The van der Waals surface area contributed by atoms with E-state index in [0.717, 1.165) is 31.2 Å². The zero-order valence-corrected chi connectivity index (χ0v) is 26.4. The van der Waals surface area contributed by atoms with Crippen LogP contribution in [0.1, 0.15) is 132 Å². The van der Waals surface area contributed by atoms with Crippen molar-refractivity contribution in [3.05, 3.63) is 69.3 Å². The molecule has 0 bridgehead atoms. The minimum Gasteiger partial charge on any atom is -0.460 e. The lowest BCUT2D eigenvalue weighted by Gasteiger charge is -2.27. The maximum absolute atomic E-state index is 12.2. The first-order valence-corrected chi connectivity index (χ1v) is 15.5. The molecule has 0 saturated carbocycles. The molecule has 2 aromatic rings. The van der Waals surface area contributed by atoms with Gasteiger partial charge in [-0.15, -0.1) is 0 Å². The van der Waals surface area contributed by atoms with Crippen LogP contribution in [0.3, 0.4) is 0 Å². The molecule has 2 aromatic carbocycles. The lowest BCUT2D eigenvalue weighted by Crippen LogP contribution is -2.26. The fourth-order valence-corrected chi connectivity index (χ4v) is 5.47. The number of aryl methyl sites for hydroxylation is 3. The van der Waals surface area contributed by atoms with E-state index in [-0.39, 0.29) is 17.4 Å². The molecule has 2 aliphatic carbocycles. The summed E-state index contributed by atoms with van der Waals surface area (Å²) in [5, 5.41) is 0. The molecule has 4 rings (SSSR count). The Balaban J connectivity index is 0.000000222. The summed E-state index contributed by atoms with van der Waals surface area (Å²) in [6, 6.07) is 10.8. The molecule has 0 heterocycles. The minimum absolute atomic E-state index is 0.0946. The zero-order chi connectivity index (χ0) is 29.5. The van der Waals surface area contributed by atoms with Crippen LogP contribution in [-0.2, 0) is 51.5 Å². The smallest absolute Gasteiger partial charge is 0.311 e. The number of rotatable bonds is 8. The molecule has 0 spiro atoms. The van der Waals surface area contributed by atoms with Gasteiger partial charge in [0.25, 0.3) is 0 Å². The lowest BCUT2D eigenvalue weighted by atomic mass is 9.79. The first kappa shape index (κ1) is 31.9. The van der Waals surface area contributed by atoms with Crippen molar-refractivity contribution in [2.75, 3.05) is 0 Å². The summed E-state index contributed by atoms with van der Waals surface area (Å²) in [7, 11) is 0. The quantitative estimate of drug-likeness (QED) is 0.309. The Kier molecular flexibility index (Phi) is 11.0. The molecule has 4 heteroatoms. The summed E-state index contributed by atoms with van der Waals surface area (Å²) in [6.07, 6.45) is 10.2. The Morgan fingerprint density at radius 2 is 1.40 bits per heavy atom. The third kappa shape index (κ3) is 7.98. The van der Waals surface area contributed by atoms with E-state index in [1.807, 2.05) is 41.5 Å². The van der Waals surface area contributed by atoms with E-state index in [1.54, 1.807) is 0 Å². The monoisotopic (exact) mass is 548 g/mol. The molecule has 2 aliphatic rings. The second kappa shape index (κ2) is 13.8. The van der Waals surface area contributed by atoms with Gasteiger partial charge in [0.05, 0.1) is 10.8 Å². The summed E-state index contributed by atoms with van der Waals surface area (Å²) < 4.78 is 11.0. The molecule has 4 nitrogen and oxygen atoms in total. The third-order valence-corrected chi connectivity index (χ3v) is 9.25. The third-order valence-electron chi connectivity index (χ3n) is 9.25. The molecule has 0 aliphatic heterocycles. The maximum atomic E-state index is 12.2. The molecule has 0 saturated heterocycles. The molecule has 0 fully saturated rings. The fraction of sp³-hybridized carbons (Fsp3) is 0.611. The number of hydrogen-bond donors (Lipinski definition) is 0. The number of esters is 2. The lowest BCUT2D eigenvalue weighted by molar-refractivity contribution is -0.156. The Hall–Kier alpha value is -2.62. The van der Waals surface area contributed by atoms with Crippen LogP contribution in [0.15, 0.2) is 30.3 Å². The van der Waals surface area contributed by atoms with Crippen LogP contribution >= 0.6 is 0 Å².